The van der Waals surface area contributed by atoms with Gasteiger partial charge in [-0.05, 0) is 55.5 Å². The fraction of sp³-hybridized carbons (Fsp3) is 0.455. The molecular weight excluding hydrogens is 436 g/mol. The lowest BCUT2D eigenvalue weighted by Gasteiger charge is -2.20. The van der Waals surface area contributed by atoms with Gasteiger partial charge in [-0.15, -0.1) is 11.3 Å². The fourth-order valence-corrected chi connectivity index (χ4v) is 6.46. The van der Waals surface area contributed by atoms with Crippen LogP contribution in [-0.2, 0) is 27.6 Å². The zero-order valence-electron chi connectivity index (χ0n) is 18.1. The Bertz CT molecular complexity index is 1060. The van der Waals surface area contributed by atoms with Crippen molar-refractivity contribution in [3.63, 3.8) is 0 Å². The highest BCUT2D eigenvalue weighted by atomic mass is 32.2. The van der Waals surface area contributed by atoms with Crippen LogP contribution < -0.4 is 5.32 Å². The van der Waals surface area contributed by atoms with Crippen molar-refractivity contribution in [2.45, 2.75) is 50.8 Å². The summed E-state index contributed by atoms with van der Waals surface area (Å²) in [5.41, 5.74) is 1.71. The molecule has 9 heteroatoms. The van der Waals surface area contributed by atoms with Crippen LogP contribution in [0.25, 0.3) is 0 Å². The van der Waals surface area contributed by atoms with Crippen LogP contribution in [-0.4, -0.2) is 44.8 Å². The zero-order valence-corrected chi connectivity index (χ0v) is 19.7. The van der Waals surface area contributed by atoms with E-state index < -0.39 is 21.9 Å². The molecule has 0 atom stereocenters. The Morgan fingerprint density at radius 1 is 1.16 bits per heavy atom. The molecule has 0 radical (unpaired) electrons. The number of sulfonamides is 1. The molecule has 0 unspecified atom stereocenters. The quantitative estimate of drug-likeness (QED) is 0.565. The molecule has 0 bridgehead atoms. The highest BCUT2D eigenvalue weighted by Crippen LogP contribution is 2.39. The summed E-state index contributed by atoms with van der Waals surface area (Å²) in [5, 5.41) is 3.29. The van der Waals surface area contributed by atoms with E-state index >= 15 is 0 Å². The minimum Gasteiger partial charge on any atom is -0.465 e. The first-order valence-electron chi connectivity index (χ1n) is 10.5. The molecular formula is C22H28N2O5S2. The van der Waals surface area contributed by atoms with Crippen LogP contribution in [0.2, 0.25) is 0 Å². The highest BCUT2D eigenvalue weighted by molar-refractivity contribution is 7.89. The molecule has 1 heterocycles. The van der Waals surface area contributed by atoms with Gasteiger partial charge in [0.25, 0.3) is 5.91 Å². The molecule has 2 aromatic rings. The van der Waals surface area contributed by atoms with Gasteiger partial charge in [-0.1, -0.05) is 20.3 Å². The van der Waals surface area contributed by atoms with Crippen LogP contribution in [0, 0.1) is 0 Å². The predicted octanol–water partition coefficient (Wildman–Crippen LogP) is 4.09. The summed E-state index contributed by atoms with van der Waals surface area (Å²) in [6, 6.07) is 5.90. The fourth-order valence-electron chi connectivity index (χ4n) is 3.70. The smallest absolute Gasteiger partial charge is 0.341 e. The number of fused-ring (bicyclic) bond motifs is 1. The van der Waals surface area contributed by atoms with Crippen molar-refractivity contribution in [3.8, 4) is 0 Å². The first-order valence-corrected chi connectivity index (χ1v) is 12.7. The molecule has 1 aromatic carbocycles. The number of ether oxygens (including phenoxy) is 1. The number of carbonyl (C=O) groups excluding carboxylic acids is 2. The van der Waals surface area contributed by atoms with Crippen molar-refractivity contribution in [1.29, 1.82) is 0 Å². The van der Waals surface area contributed by atoms with Crippen LogP contribution in [0.4, 0.5) is 5.00 Å². The number of amides is 1. The van der Waals surface area contributed by atoms with Crippen LogP contribution in [0.5, 0.6) is 0 Å². The number of aryl methyl sites for hydroxylation is 1. The second-order valence-electron chi connectivity index (χ2n) is 7.38. The molecule has 3 rings (SSSR count). The molecule has 168 valence electrons. The van der Waals surface area contributed by atoms with Gasteiger partial charge in [0.05, 0.1) is 17.6 Å². The van der Waals surface area contributed by atoms with Crippen molar-refractivity contribution < 1.29 is 22.7 Å². The first kappa shape index (κ1) is 23.4. The Labute approximate surface area is 187 Å². The second kappa shape index (κ2) is 9.93. The second-order valence-corrected chi connectivity index (χ2v) is 10.4. The number of esters is 1. The molecule has 1 N–H and O–H groups in total. The van der Waals surface area contributed by atoms with E-state index in [2.05, 4.69) is 5.32 Å². The minimum atomic E-state index is -3.60. The van der Waals surface area contributed by atoms with E-state index in [1.807, 2.05) is 13.8 Å². The summed E-state index contributed by atoms with van der Waals surface area (Å²) in [6.07, 6.45) is 4.37. The van der Waals surface area contributed by atoms with Crippen LogP contribution in [0.1, 0.15) is 64.3 Å². The number of unbranched alkanes of at least 4 members (excludes halogenated alkanes) is 1. The maximum atomic E-state index is 12.8. The lowest BCUT2D eigenvalue weighted by atomic mass is 10.1. The predicted molar refractivity (Wildman–Crippen MR) is 121 cm³/mol. The number of rotatable bonds is 9. The maximum absolute atomic E-state index is 12.8. The average Bonchev–Trinajstić information content (AvgIpc) is 3.34. The number of carbonyl (C=O) groups is 2. The summed E-state index contributed by atoms with van der Waals surface area (Å²) >= 11 is 1.40. The Morgan fingerprint density at radius 2 is 1.87 bits per heavy atom. The van der Waals surface area contributed by atoms with Crippen molar-refractivity contribution >= 4 is 38.2 Å². The number of hydrogen-bond donors (Lipinski definition) is 1. The van der Waals surface area contributed by atoms with E-state index in [1.54, 1.807) is 0 Å². The van der Waals surface area contributed by atoms with E-state index in [4.69, 9.17) is 4.74 Å². The van der Waals surface area contributed by atoms with E-state index in [1.165, 1.54) is 47.0 Å². The normalized spacial score (nSPS) is 13.3. The lowest BCUT2D eigenvalue weighted by Crippen LogP contribution is -2.31. The highest BCUT2D eigenvalue weighted by Gasteiger charge is 2.28. The number of hydrogen-bond acceptors (Lipinski definition) is 6. The molecule has 0 saturated heterocycles. The molecule has 1 aromatic heterocycles. The van der Waals surface area contributed by atoms with Gasteiger partial charge >= 0.3 is 5.97 Å². The summed E-state index contributed by atoms with van der Waals surface area (Å²) in [5.74, 6) is -0.852. The molecule has 1 amide bonds. The van der Waals surface area contributed by atoms with Gasteiger partial charge in [-0.25, -0.2) is 13.2 Å². The molecule has 0 fully saturated rings. The van der Waals surface area contributed by atoms with E-state index in [9.17, 15) is 18.0 Å². The first-order chi connectivity index (χ1) is 14.8. The summed E-state index contributed by atoms with van der Waals surface area (Å²) in [4.78, 5) is 26.3. The Kier molecular flexibility index (Phi) is 7.51. The molecule has 31 heavy (non-hydrogen) atoms. The Balaban J connectivity index is 1.80. The molecule has 1 aliphatic carbocycles. The summed E-state index contributed by atoms with van der Waals surface area (Å²) < 4.78 is 32.1. The Hall–Kier alpha value is -2.23. The third-order valence-corrected chi connectivity index (χ3v) is 8.60. The number of nitrogens with zero attached hydrogens (tertiary/aromatic N) is 1. The number of nitrogens with one attached hydrogen (secondary N) is 1. The third-order valence-electron chi connectivity index (χ3n) is 5.41. The number of methoxy groups -OCH3 is 1. The van der Waals surface area contributed by atoms with Crippen molar-refractivity contribution in [2.24, 2.45) is 0 Å². The third kappa shape index (κ3) is 4.83. The monoisotopic (exact) mass is 464 g/mol. The van der Waals surface area contributed by atoms with Gasteiger partial charge in [0, 0.05) is 23.5 Å². The number of thiophene rings is 1. The zero-order chi connectivity index (χ0) is 22.6. The molecule has 1 aliphatic rings. The molecule has 0 spiro atoms. The van der Waals surface area contributed by atoms with Crippen molar-refractivity contribution in [2.75, 3.05) is 25.5 Å². The minimum absolute atomic E-state index is 0.160. The maximum Gasteiger partial charge on any atom is 0.341 e. The Morgan fingerprint density at radius 3 is 2.48 bits per heavy atom. The van der Waals surface area contributed by atoms with Gasteiger partial charge in [-0.3, -0.25) is 4.79 Å². The van der Waals surface area contributed by atoms with Gasteiger partial charge in [-0.2, -0.15) is 4.31 Å². The standard InChI is InChI=1S/C22H28N2O5S2/c1-4-6-14-24(5-2)31(27,28)16-12-10-15(11-13-16)20(25)23-21-19(22(26)29-3)17-8-7-9-18(17)30-21/h10-13H,4-9,14H2,1-3H3,(H,23,25). The van der Waals surface area contributed by atoms with Crippen LogP contribution in [0.15, 0.2) is 29.2 Å². The topological polar surface area (TPSA) is 92.8 Å². The number of benzene rings is 1. The van der Waals surface area contributed by atoms with E-state index in [0.717, 1.165) is 42.5 Å². The van der Waals surface area contributed by atoms with Gasteiger partial charge < -0.3 is 10.1 Å². The van der Waals surface area contributed by atoms with Crippen molar-refractivity contribution in [1.82, 2.24) is 4.31 Å². The molecule has 0 saturated carbocycles. The summed E-state index contributed by atoms with van der Waals surface area (Å²) in [6.45, 7) is 4.69. The van der Waals surface area contributed by atoms with Gasteiger partial charge in [0.15, 0.2) is 0 Å². The molecule has 7 nitrogen and oxygen atoms in total. The lowest BCUT2D eigenvalue weighted by molar-refractivity contribution is 0.0601. The van der Waals surface area contributed by atoms with Crippen LogP contribution >= 0.6 is 11.3 Å². The van der Waals surface area contributed by atoms with Gasteiger partial charge in [0.2, 0.25) is 10.0 Å². The van der Waals surface area contributed by atoms with Gasteiger partial charge in [0.1, 0.15) is 5.00 Å². The number of anilines is 1. The molecule has 0 aliphatic heterocycles. The van der Waals surface area contributed by atoms with E-state index in [-0.39, 0.29) is 4.90 Å². The SMILES string of the molecule is CCCCN(CC)S(=O)(=O)c1ccc(C(=O)Nc2sc3c(c2C(=O)OC)CCC3)cc1. The summed E-state index contributed by atoms with van der Waals surface area (Å²) in [7, 11) is -2.28. The van der Waals surface area contributed by atoms with Crippen LogP contribution in [0.3, 0.4) is 0 Å². The average molecular weight is 465 g/mol. The van der Waals surface area contributed by atoms with E-state index in [0.29, 0.717) is 29.2 Å². The van der Waals surface area contributed by atoms with Crippen molar-refractivity contribution in [3.05, 3.63) is 45.8 Å². The largest absolute Gasteiger partial charge is 0.465 e.